The zero-order valence-corrected chi connectivity index (χ0v) is 21.4. The molecule has 38 heavy (non-hydrogen) atoms. The second-order valence-corrected chi connectivity index (χ2v) is 9.77. The van der Waals surface area contributed by atoms with Crippen LogP contribution in [0.2, 0.25) is 0 Å². The van der Waals surface area contributed by atoms with E-state index in [1.807, 2.05) is 30.3 Å². The van der Waals surface area contributed by atoms with Gasteiger partial charge in [-0.2, -0.15) is 0 Å². The van der Waals surface area contributed by atoms with Gasteiger partial charge in [-0.15, -0.1) is 0 Å². The minimum absolute atomic E-state index is 0.142. The van der Waals surface area contributed by atoms with E-state index >= 15 is 0 Å². The van der Waals surface area contributed by atoms with Crippen molar-refractivity contribution in [1.29, 1.82) is 0 Å². The molecule has 3 aromatic carbocycles. The van der Waals surface area contributed by atoms with E-state index in [1.54, 1.807) is 18.2 Å². The Bertz CT molecular complexity index is 1330. The molecule has 0 atom stereocenters. The highest BCUT2D eigenvalue weighted by Gasteiger charge is 2.24. The van der Waals surface area contributed by atoms with Gasteiger partial charge in [0.05, 0.1) is 11.8 Å². The Morgan fingerprint density at radius 1 is 0.816 bits per heavy atom. The van der Waals surface area contributed by atoms with Gasteiger partial charge in [0, 0.05) is 31.0 Å². The summed E-state index contributed by atoms with van der Waals surface area (Å²) >= 11 is 0. The Kier molecular flexibility index (Phi) is 8.19. The zero-order chi connectivity index (χ0) is 26.2. The Hall–Kier alpha value is -4.32. The molecule has 1 saturated heterocycles. The number of carbonyl (C=O) groups excluding carboxylic acids is 2. The van der Waals surface area contributed by atoms with Crippen molar-refractivity contribution in [2.45, 2.75) is 25.7 Å². The molecule has 4 aromatic rings. The van der Waals surface area contributed by atoms with Crippen LogP contribution in [-0.2, 0) is 12.8 Å². The maximum atomic E-state index is 13.4. The number of furan rings is 1. The maximum absolute atomic E-state index is 13.4. The summed E-state index contributed by atoms with van der Waals surface area (Å²) in [5.74, 6) is 0.364. The fourth-order valence-electron chi connectivity index (χ4n) is 5.06. The number of hydrogen-bond donors (Lipinski definition) is 2. The van der Waals surface area contributed by atoms with E-state index in [1.165, 1.54) is 17.4 Å². The summed E-state index contributed by atoms with van der Waals surface area (Å²) in [6, 6.07) is 29.6. The van der Waals surface area contributed by atoms with Crippen LogP contribution >= 0.6 is 0 Å². The SMILES string of the molecule is O=C(Nc1ccc(N2CCC(Cc3ccccc3)CC2)c(C(=O)NCCc2ccccc2)c1)c1ccco1. The topological polar surface area (TPSA) is 74.6 Å². The largest absolute Gasteiger partial charge is 0.459 e. The summed E-state index contributed by atoms with van der Waals surface area (Å²) in [5.41, 5.74) is 4.57. The van der Waals surface area contributed by atoms with Crippen molar-refractivity contribution in [1.82, 2.24) is 5.32 Å². The molecule has 5 rings (SSSR count). The predicted octanol–water partition coefficient (Wildman–Crippen LogP) is 5.96. The van der Waals surface area contributed by atoms with Crippen LogP contribution in [0.3, 0.4) is 0 Å². The molecular weight excluding hydrogens is 474 g/mol. The quantitative estimate of drug-likeness (QED) is 0.293. The summed E-state index contributed by atoms with van der Waals surface area (Å²) in [7, 11) is 0. The number of benzene rings is 3. The van der Waals surface area contributed by atoms with E-state index in [2.05, 4.69) is 58.0 Å². The van der Waals surface area contributed by atoms with Crippen LogP contribution in [0.25, 0.3) is 0 Å². The van der Waals surface area contributed by atoms with Gasteiger partial charge in [0.2, 0.25) is 0 Å². The molecule has 1 aliphatic heterocycles. The predicted molar refractivity (Wildman–Crippen MR) is 151 cm³/mol. The van der Waals surface area contributed by atoms with Crippen LogP contribution in [0.5, 0.6) is 0 Å². The van der Waals surface area contributed by atoms with Gasteiger partial charge in [-0.25, -0.2) is 0 Å². The van der Waals surface area contributed by atoms with Crippen LogP contribution in [0.15, 0.2) is 102 Å². The lowest BCUT2D eigenvalue weighted by atomic mass is 9.89. The lowest BCUT2D eigenvalue weighted by Crippen LogP contribution is -2.36. The van der Waals surface area contributed by atoms with Gasteiger partial charge < -0.3 is 20.0 Å². The first-order valence-corrected chi connectivity index (χ1v) is 13.3. The number of hydrogen-bond acceptors (Lipinski definition) is 4. The number of nitrogens with zero attached hydrogens (tertiary/aromatic N) is 1. The third-order valence-corrected chi connectivity index (χ3v) is 7.11. The molecule has 0 aliphatic carbocycles. The summed E-state index contributed by atoms with van der Waals surface area (Å²) in [5, 5.41) is 5.93. The van der Waals surface area contributed by atoms with Gasteiger partial charge in [0.25, 0.3) is 11.8 Å². The fourth-order valence-corrected chi connectivity index (χ4v) is 5.06. The lowest BCUT2D eigenvalue weighted by molar-refractivity contribution is 0.0952. The number of amides is 2. The lowest BCUT2D eigenvalue weighted by Gasteiger charge is -2.35. The minimum Gasteiger partial charge on any atom is -0.459 e. The molecule has 0 spiro atoms. The standard InChI is InChI=1S/C32H33N3O3/c36-31(33-18-15-24-8-3-1-4-9-24)28-23-27(34-32(37)30-12-7-21-38-30)13-14-29(28)35-19-16-26(17-20-35)22-25-10-5-2-6-11-25/h1-14,21,23,26H,15-20,22H2,(H,33,36)(H,34,37). The van der Waals surface area contributed by atoms with Gasteiger partial charge >= 0.3 is 0 Å². The molecule has 0 saturated carbocycles. The van der Waals surface area contributed by atoms with E-state index in [0.717, 1.165) is 44.5 Å². The molecule has 0 radical (unpaired) electrons. The fraction of sp³-hybridized carbons (Fsp3) is 0.250. The van der Waals surface area contributed by atoms with Crippen LogP contribution in [0.1, 0.15) is 44.9 Å². The highest BCUT2D eigenvalue weighted by molar-refractivity contribution is 6.05. The first-order chi connectivity index (χ1) is 18.7. The Balaban J connectivity index is 1.29. The second-order valence-electron chi connectivity index (χ2n) is 9.77. The molecule has 1 fully saturated rings. The third kappa shape index (κ3) is 6.51. The van der Waals surface area contributed by atoms with Crippen molar-refractivity contribution in [2.75, 3.05) is 29.9 Å². The smallest absolute Gasteiger partial charge is 0.291 e. The van der Waals surface area contributed by atoms with Crippen molar-refractivity contribution >= 4 is 23.2 Å². The average molecular weight is 508 g/mol. The highest BCUT2D eigenvalue weighted by atomic mass is 16.3. The molecular formula is C32H33N3O3. The van der Waals surface area contributed by atoms with Crippen LogP contribution in [0.4, 0.5) is 11.4 Å². The second kappa shape index (κ2) is 12.3. The van der Waals surface area contributed by atoms with E-state index < -0.39 is 0 Å². The normalized spacial score (nSPS) is 13.7. The van der Waals surface area contributed by atoms with E-state index in [-0.39, 0.29) is 17.6 Å². The van der Waals surface area contributed by atoms with Gasteiger partial charge in [0.15, 0.2) is 5.76 Å². The average Bonchev–Trinajstić information content (AvgIpc) is 3.50. The van der Waals surface area contributed by atoms with Crippen LogP contribution in [-0.4, -0.2) is 31.4 Å². The Labute approximate surface area is 223 Å². The summed E-state index contributed by atoms with van der Waals surface area (Å²) in [4.78, 5) is 28.2. The van der Waals surface area contributed by atoms with Gasteiger partial charge in [-0.3, -0.25) is 9.59 Å². The van der Waals surface area contributed by atoms with E-state index in [4.69, 9.17) is 4.42 Å². The third-order valence-electron chi connectivity index (χ3n) is 7.11. The molecule has 194 valence electrons. The molecule has 2 amide bonds. The highest BCUT2D eigenvalue weighted by Crippen LogP contribution is 2.30. The molecule has 0 bridgehead atoms. The Morgan fingerprint density at radius 3 is 2.21 bits per heavy atom. The van der Waals surface area contributed by atoms with E-state index in [0.29, 0.717) is 23.7 Å². The number of rotatable bonds is 9. The van der Waals surface area contributed by atoms with Crippen molar-refractivity contribution in [2.24, 2.45) is 5.92 Å². The molecule has 1 aliphatic rings. The van der Waals surface area contributed by atoms with Crippen molar-refractivity contribution in [3.05, 3.63) is 120 Å². The zero-order valence-electron chi connectivity index (χ0n) is 21.4. The molecule has 2 heterocycles. The summed E-state index contributed by atoms with van der Waals surface area (Å²) in [6.07, 6.45) is 5.44. The van der Waals surface area contributed by atoms with Crippen LogP contribution in [0, 0.1) is 5.92 Å². The van der Waals surface area contributed by atoms with Gasteiger partial charge in [-0.1, -0.05) is 60.7 Å². The molecule has 6 heteroatoms. The molecule has 1 aromatic heterocycles. The van der Waals surface area contributed by atoms with Crippen molar-refractivity contribution in [3.63, 3.8) is 0 Å². The van der Waals surface area contributed by atoms with Crippen molar-refractivity contribution < 1.29 is 14.0 Å². The maximum Gasteiger partial charge on any atom is 0.291 e. The summed E-state index contributed by atoms with van der Waals surface area (Å²) < 4.78 is 5.21. The van der Waals surface area contributed by atoms with E-state index in [9.17, 15) is 9.59 Å². The van der Waals surface area contributed by atoms with Gasteiger partial charge in [0.1, 0.15) is 0 Å². The minimum atomic E-state index is -0.347. The Morgan fingerprint density at radius 2 is 1.53 bits per heavy atom. The first-order valence-electron chi connectivity index (χ1n) is 13.3. The number of anilines is 2. The molecule has 2 N–H and O–H groups in total. The number of carbonyl (C=O) groups is 2. The number of piperidine rings is 1. The first kappa shape index (κ1) is 25.3. The monoisotopic (exact) mass is 507 g/mol. The number of nitrogens with one attached hydrogen (secondary N) is 2. The van der Waals surface area contributed by atoms with Crippen molar-refractivity contribution in [3.8, 4) is 0 Å². The molecule has 0 unspecified atom stereocenters. The van der Waals surface area contributed by atoms with Gasteiger partial charge in [-0.05, 0) is 73.1 Å². The molecule has 6 nitrogen and oxygen atoms in total. The van der Waals surface area contributed by atoms with Crippen LogP contribution < -0.4 is 15.5 Å². The summed E-state index contributed by atoms with van der Waals surface area (Å²) in [6.45, 7) is 2.31.